The number of aryl methyl sites for hydroxylation is 1. The van der Waals surface area contributed by atoms with Gasteiger partial charge in [0, 0.05) is 35.0 Å². The summed E-state index contributed by atoms with van der Waals surface area (Å²) in [5.41, 5.74) is 3.78. The average molecular weight is 435 g/mol. The second kappa shape index (κ2) is 8.11. The van der Waals surface area contributed by atoms with Gasteiger partial charge < -0.3 is 5.11 Å². The fraction of sp³-hybridized carbons (Fsp3) is 0.136. The van der Waals surface area contributed by atoms with Gasteiger partial charge in [-0.25, -0.2) is 0 Å². The smallest absolute Gasteiger partial charge is 0.311 e. The molecule has 1 aromatic heterocycles. The van der Waals surface area contributed by atoms with E-state index in [0.717, 1.165) is 44.7 Å². The number of aromatic nitrogens is 1. The highest BCUT2D eigenvalue weighted by molar-refractivity contribution is 7.10. The molecule has 31 heavy (non-hydrogen) atoms. The van der Waals surface area contributed by atoms with E-state index >= 15 is 0 Å². The summed E-state index contributed by atoms with van der Waals surface area (Å²) in [5, 5.41) is 21.3. The molecule has 0 radical (unpaired) electrons. The maximum atomic E-state index is 12.5. The highest BCUT2D eigenvalue weighted by Crippen LogP contribution is 2.37. The molecule has 0 fully saturated rings. The number of aliphatic imine (C=N–C) groups is 1. The minimum Gasteiger partial charge on any atom is -0.493 e. The Morgan fingerprint density at radius 3 is 2.68 bits per heavy atom. The number of aromatic hydroxyl groups is 1. The molecule has 2 aromatic carbocycles. The van der Waals surface area contributed by atoms with E-state index in [1.54, 1.807) is 12.3 Å². The Balaban J connectivity index is 1.62. The van der Waals surface area contributed by atoms with Crippen LogP contribution in [0.15, 0.2) is 52.3 Å². The fourth-order valence-electron chi connectivity index (χ4n) is 3.37. The van der Waals surface area contributed by atoms with Gasteiger partial charge in [0.05, 0.1) is 22.0 Å². The van der Waals surface area contributed by atoms with Gasteiger partial charge in [-0.05, 0) is 30.2 Å². The van der Waals surface area contributed by atoms with Crippen molar-refractivity contribution in [3.63, 3.8) is 0 Å². The van der Waals surface area contributed by atoms with Crippen LogP contribution >= 0.6 is 11.3 Å². The predicted octanol–water partition coefficient (Wildman–Crippen LogP) is 4.23. The van der Waals surface area contributed by atoms with Crippen molar-refractivity contribution in [2.45, 2.75) is 19.9 Å². The highest BCUT2D eigenvalue weighted by Gasteiger charge is 2.20. The molecule has 0 aliphatic carbocycles. The Kier molecular flexibility index (Phi) is 5.35. The quantitative estimate of drug-likeness (QED) is 0.354. The van der Waals surface area contributed by atoms with Gasteiger partial charge in [0.1, 0.15) is 0 Å². The number of benzene rings is 2. The van der Waals surface area contributed by atoms with Crippen molar-refractivity contribution in [3.05, 3.63) is 83.8 Å². The van der Waals surface area contributed by atoms with Gasteiger partial charge in [-0.2, -0.15) is 0 Å². The van der Waals surface area contributed by atoms with Crippen molar-refractivity contribution in [3.8, 4) is 5.88 Å². The van der Waals surface area contributed by atoms with Crippen LogP contribution in [-0.2, 0) is 13.0 Å². The topological polar surface area (TPSA) is 115 Å². The minimum absolute atomic E-state index is 0.134. The predicted molar refractivity (Wildman–Crippen MR) is 120 cm³/mol. The van der Waals surface area contributed by atoms with Gasteiger partial charge in [-0.3, -0.25) is 29.3 Å². The van der Waals surface area contributed by atoms with E-state index in [-0.39, 0.29) is 23.7 Å². The number of non-ortho nitro benzene ring substituents is 1. The van der Waals surface area contributed by atoms with Crippen molar-refractivity contribution in [2.24, 2.45) is 4.99 Å². The lowest BCUT2D eigenvalue weighted by Gasteiger charge is -2.05. The Bertz CT molecular complexity index is 1320. The Morgan fingerprint density at radius 1 is 1.26 bits per heavy atom. The number of nitrogens with zero attached hydrogens (tertiary/aromatic N) is 3. The number of hydrogen-bond acceptors (Lipinski definition) is 7. The molecule has 0 bridgehead atoms. The number of carbonyl (C=O) groups excluding carboxylic acids is 1. The van der Waals surface area contributed by atoms with E-state index in [1.807, 2.05) is 25.1 Å². The first-order chi connectivity index (χ1) is 14.9. The summed E-state index contributed by atoms with van der Waals surface area (Å²) in [6.07, 6.45) is 4.22. The van der Waals surface area contributed by atoms with E-state index in [0.29, 0.717) is 4.88 Å². The normalized spacial score (nSPS) is 13.5. The largest absolute Gasteiger partial charge is 0.493 e. The molecule has 9 heteroatoms. The summed E-state index contributed by atoms with van der Waals surface area (Å²) in [6, 6.07) is 11.0. The van der Waals surface area contributed by atoms with Crippen LogP contribution in [0.25, 0.3) is 11.6 Å². The molecule has 8 nitrogen and oxygen atoms in total. The second-order valence-electron chi connectivity index (χ2n) is 6.89. The SMILES string of the molecule is CCc1cccc2c1N=CC2=Cc1sc(=O)n(CC(=O)c2ccc([N+](=O)[O-])cc2)c1O. The van der Waals surface area contributed by atoms with Crippen LogP contribution in [0, 0.1) is 10.1 Å². The summed E-state index contributed by atoms with van der Waals surface area (Å²) >= 11 is 0.834. The highest BCUT2D eigenvalue weighted by atomic mass is 32.1. The number of Topliss-reactive ketones (excluding diaryl/α,β-unsaturated/α-hetero) is 1. The number of carbonyl (C=O) groups is 1. The molecule has 2 heterocycles. The standard InChI is InChI=1S/C22H17N3O5S/c1-2-13-4-3-5-17-15(11-23-20(13)17)10-19-21(27)24(22(28)31-19)12-18(26)14-6-8-16(9-7-14)25(29)30/h3-11,27H,2,12H2,1H3. The number of nitro benzene ring substituents is 1. The van der Waals surface area contributed by atoms with Gasteiger partial charge in [0.15, 0.2) is 5.78 Å². The van der Waals surface area contributed by atoms with Crippen molar-refractivity contribution in [1.82, 2.24) is 4.57 Å². The van der Waals surface area contributed by atoms with Crippen LogP contribution in [0.4, 0.5) is 11.4 Å². The maximum absolute atomic E-state index is 12.5. The monoisotopic (exact) mass is 435 g/mol. The third-order valence-electron chi connectivity index (χ3n) is 5.03. The molecule has 0 spiro atoms. The molecule has 1 N–H and O–H groups in total. The average Bonchev–Trinajstić information content (AvgIpc) is 3.30. The van der Waals surface area contributed by atoms with E-state index in [9.17, 15) is 24.8 Å². The van der Waals surface area contributed by atoms with Crippen LogP contribution < -0.4 is 4.87 Å². The van der Waals surface area contributed by atoms with Crippen molar-refractivity contribution in [2.75, 3.05) is 0 Å². The third kappa shape index (κ3) is 3.82. The molecule has 3 aromatic rings. The van der Waals surface area contributed by atoms with Gasteiger partial charge in [0.2, 0.25) is 5.88 Å². The lowest BCUT2D eigenvalue weighted by Crippen LogP contribution is -2.19. The van der Waals surface area contributed by atoms with Crippen LogP contribution in [0.3, 0.4) is 0 Å². The van der Waals surface area contributed by atoms with E-state index in [2.05, 4.69) is 4.99 Å². The number of ketones is 1. The fourth-order valence-corrected chi connectivity index (χ4v) is 4.21. The molecule has 1 aliphatic rings. The first-order valence-electron chi connectivity index (χ1n) is 9.47. The first kappa shape index (κ1) is 20.4. The summed E-state index contributed by atoms with van der Waals surface area (Å²) < 4.78 is 0.996. The van der Waals surface area contributed by atoms with Crippen molar-refractivity contribution < 1.29 is 14.8 Å². The molecule has 0 saturated heterocycles. The van der Waals surface area contributed by atoms with Gasteiger partial charge in [-0.1, -0.05) is 36.5 Å². The summed E-state index contributed by atoms with van der Waals surface area (Å²) in [7, 11) is 0. The minimum atomic E-state index is -0.558. The number of thiazole rings is 1. The Morgan fingerprint density at radius 2 is 2.00 bits per heavy atom. The molecular formula is C22H17N3O5S. The number of rotatable bonds is 6. The van der Waals surface area contributed by atoms with Crippen LogP contribution in [0.2, 0.25) is 0 Å². The Hall–Kier alpha value is -3.85. The summed E-state index contributed by atoms with van der Waals surface area (Å²) in [5.74, 6) is -0.740. The van der Waals surface area contributed by atoms with E-state index in [1.165, 1.54) is 24.3 Å². The zero-order valence-corrected chi connectivity index (χ0v) is 17.3. The lowest BCUT2D eigenvalue weighted by molar-refractivity contribution is -0.384. The lowest BCUT2D eigenvalue weighted by atomic mass is 10.0. The van der Waals surface area contributed by atoms with E-state index < -0.39 is 15.6 Å². The molecule has 4 rings (SSSR count). The number of nitro groups is 1. The van der Waals surface area contributed by atoms with E-state index in [4.69, 9.17) is 0 Å². The third-order valence-corrected chi connectivity index (χ3v) is 5.94. The molecular weight excluding hydrogens is 418 g/mol. The first-order valence-corrected chi connectivity index (χ1v) is 10.3. The van der Waals surface area contributed by atoms with Crippen LogP contribution in [0.1, 0.15) is 33.3 Å². The summed E-state index contributed by atoms with van der Waals surface area (Å²) in [6.45, 7) is 1.68. The van der Waals surface area contributed by atoms with Gasteiger partial charge in [-0.15, -0.1) is 0 Å². The number of allylic oxidation sites excluding steroid dienone is 1. The number of fused-ring (bicyclic) bond motifs is 1. The zero-order valence-electron chi connectivity index (χ0n) is 16.4. The van der Waals surface area contributed by atoms with Crippen molar-refractivity contribution >= 4 is 46.4 Å². The molecule has 0 atom stereocenters. The maximum Gasteiger partial charge on any atom is 0.311 e. The second-order valence-corrected chi connectivity index (χ2v) is 7.89. The molecule has 0 unspecified atom stereocenters. The van der Waals surface area contributed by atoms with Crippen molar-refractivity contribution in [1.29, 1.82) is 0 Å². The Labute approximate surface area is 180 Å². The molecule has 156 valence electrons. The van der Waals surface area contributed by atoms with Gasteiger partial charge in [0.25, 0.3) is 5.69 Å². The molecule has 0 amide bonds. The van der Waals surface area contributed by atoms with Crippen LogP contribution in [0.5, 0.6) is 5.88 Å². The molecule has 1 aliphatic heterocycles. The number of para-hydroxylation sites is 1. The number of hydrogen-bond donors (Lipinski definition) is 1. The zero-order chi connectivity index (χ0) is 22.1. The molecule has 0 saturated carbocycles. The van der Waals surface area contributed by atoms with Crippen LogP contribution in [-0.4, -0.2) is 26.6 Å². The summed E-state index contributed by atoms with van der Waals surface area (Å²) in [4.78, 5) is 39.4. The van der Waals surface area contributed by atoms with Gasteiger partial charge >= 0.3 is 4.87 Å².